The maximum atomic E-state index is 12.0. The Kier molecular flexibility index (Phi) is 37.5. The van der Waals surface area contributed by atoms with Gasteiger partial charge in [0.2, 0.25) is 0 Å². The summed E-state index contributed by atoms with van der Waals surface area (Å²) in [5, 5.41) is 19.8. The highest BCUT2D eigenvalue weighted by molar-refractivity contribution is 5.70. The van der Waals surface area contributed by atoms with E-state index in [1.165, 1.54) is 83.5 Å². The zero-order valence-electron chi connectivity index (χ0n) is 33.6. The molecule has 0 bridgehead atoms. The lowest BCUT2D eigenvalue weighted by Crippen LogP contribution is -2.25. The summed E-state index contributed by atoms with van der Waals surface area (Å²) in [5.41, 5.74) is 0. The maximum Gasteiger partial charge on any atom is 0.306 e. The number of aliphatic hydroxyl groups excluding tert-OH is 2. The minimum atomic E-state index is -1.01. The molecule has 0 aliphatic carbocycles. The highest BCUT2D eigenvalue weighted by atomic mass is 16.6. The third kappa shape index (κ3) is 40.1. The first kappa shape index (κ1) is 49.3. The number of rotatable bonds is 36. The molecule has 0 aromatic heterocycles. The van der Waals surface area contributed by atoms with Crippen molar-refractivity contribution in [2.45, 2.75) is 187 Å². The van der Waals surface area contributed by atoms with Gasteiger partial charge >= 0.3 is 11.9 Å². The van der Waals surface area contributed by atoms with E-state index >= 15 is 0 Å². The molecule has 0 spiro atoms. The normalized spacial score (nSPS) is 13.7. The lowest BCUT2D eigenvalue weighted by Gasteiger charge is -2.12. The minimum absolute atomic E-state index is 0.150. The Morgan fingerprint density at radius 1 is 0.538 bits per heavy atom. The van der Waals surface area contributed by atoms with Gasteiger partial charge in [0.15, 0.2) is 0 Å². The van der Waals surface area contributed by atoms with Crippen molar-refractivity contribution in [2.75, 3.05) is 13.2 Å². The number of carbonyl (C=O) groups is 2. The first-order valence-electron chi connectivity index (χ1n) is 21.0. The topological polar surface area (TPSA) is 93.1 Å². The van der Waals surface area contributed by atoms with Crippen molar-refractivity contribution in [1.82, 2.24) is 0 Å². The van der Waals surface area contributed by atoms with Gasteiger partial charge in [0, 0.05) is 12.8 Å². The summed E-state index contributed by atoms with van der Waals surface area (Å²) in [6.45, 7) is 6.38. The number of unbranched alkanes of at least 4 members (excludes halogenated alkanes) is 14. The number of aliphatic hydroxyl groups is 2. The summed E-state index contributed by atoms with van der Waals surface area (Å²) in [4.78, 5) is 23.9. The molecule has 2 atom stereocenters. The fourth-order valence-corrected chi connectivity index (χ4v) is 5.56. The fraction of sp³-hybridized carbons (Fsp3) is 0.696. The summed E-state index contributed by atoms with van der Waals surface area (Å²) in [6, 6.07) is 0. The van der Waals surface area contributed by atoms with Crippen LogP contribution in [0.15, 0.2) is 72.9 Å². The molecule has 298 valence electrons. The third-order valence-electron chi connectivity index (χ3n) is 8.73. The predicted octanol–water partition coefficient (Wildman–Crippen LogP) is 12.2. The molecule has 0 radical (unpaired) electrons. The van der Waals surface area contributed by atoms with Crippen molar-refractivity contribution < 1.29 is 29.3 Å². The summed E-state index contributed by atoms with van der Waals surface area (Å²) in [5.74, 6) is 0.167. The third-order valence-corrected chi connectivity index (χ3v) is 8.73. The minimum Gasteiger partial charge on any atom is -0.463 e. The van der Waals surface area contributed by atoms with Gasteiger partial charge in [0.1, 0.15) is 19.3 Å². The SMILES string of the molecule is CC/C=C\CC(O)/C=C/C=C/C/C=C\C/C=C\C/C=C\CCC(=O)OC[C@H](O)COC(=O)CCCCCCCCCCCCCCCCCC(C)C. The second-order valence-corrected chi connectivity index (χ2v) is 14.4. The van der Waals surface area contributed by atoms with Crippen LogP contribution in [0, 0.1) is 5.92 Å². The maximum absolute atomic E-state index is 12.0. The highest BCUT2D eigenvalue weighted by Crippen LogP contribution is 2.15. The van der Waals surface area contributed by atoms with Crippen LogP contribution in [0.3, 0.4) is 0 Å². The number of hydrogen-bond acceptors (Lipinski definition) is 6. The number of hydrogen-bond donors (Lipinski definition) is 2. The monoisotopic (exact) mass is 727 g/mol. The van der Waals surface area contributed by atoms with E-state index in [2.05, 4.69) is 57.2 Å². The molecule has 0 saturated heterocycles. The van der Waals surface area contributed by atoms with E-state index in [9.17, 15) is 19.8 Å². The molecule has 6 nitrogen and oxygen atoms in total. The number of allylic oxidation sites excluding steroid dienone is 10. The number of esters is 2. The fourth-order valence-electron chi connectivity index (χ4n) is 5.56. The van der Waals surface area contributed by atoms with Crippen LogP contribution in [0.4, 0.5) is 0 Å². The van der Waals surface area contributed by atoms with Crippen molar-refractivity contribution in [3.8, 4) is 0 Å². The first-order valence-corrected chi connectivity index (χ1v) is 21.0. The molecular formula is C46H78O6. The molecule has 52 heavy (non-hydrogen) atoms. The Balaban J connectivity index is 3.59. The first-order chi connectivity index (χ1) is 25.3. The lowest BCUT2D eigenvalue weighted by molar-refractivity contribution is -0.152. The smallest absolute Gasteiger partial charge is 0.306 e. The Bertz CT molecular complexity index is 989. The van der Waals surface area contributed by atoms with E-state index in [0.717, 1.165) is 50.9 Å². The van der Waals surface area contributed by atoms with E-state index < -0.39 is 12.2 Å². The van der Waals surface area contributed by atoms with Gasteiger partial charge in [0.25, 0.3) is 0 Å². The summed E-state index contributed by atoms with van der Waals surface area (Å²) in [6.07, 6.45) is 48.7. The van der Waals surface area contributed by atoms with Crippen molar-refractivity contribution in [3.05, 3.63) is 72.9 Å². The predicted molar refractivity (Wildman–Crippen MR) is 220 cm³/mol. The van der Waals surface area contributed by atoms with Crippen LogP contribution in [0.25, 0.3) is 0 Å². The van der Waals surface area contributed by atoms with Crippen LogP contribution < -0.4 is 0 Å². The standard InChI is InChI=1S/C46H78O6/c1-4-5-30-36-43(47)37-32-27-23-19-15-11-9-13-17-21-25-29-34-39-46(50)52-41-44(48)40-51-45(49)38-33-28-24-20-16-12-8-6-7-10-14-18-22-26-31-35-42(2)3/h5,11,13,15,17,23,25,27,29-30,32,37,42-44,47-48H,4,6-10,12,14,16,18-22,24,26,28,31,33-36,38-41H2,1-3H3/b15-11-,17-13-,27-23+,29-25-,30-5-,37-32+/t43?,44-/m1/s1. The quantitative estimate of drug-likeness (QED) is 0.0289. The molecule has 6 heteroatoms. The Morgan fingerprint density at radius 3 is 1.52 bits per heavy atom. The van der Waals surface area contributed by atoms with Gasteiger partial charge in [-0.05, 0) is 50.9 Å². The van der Waals surface area contributed by atoms with Gasteiger partial charge in [-0.25, -0.2) is 0 Å². The van der Waals surface area contributed by atoms with E-state index in [-0.39, 0.29) is 31.6 Å². The molecular weight excluding hydrogens is 648 g/mol. The second-order valence-electron chi connectivity index (χ2n) is 14.4. The highest BCUT2D eigenvalue weighted by Gasteiger charge is 2.11. The molecule has 0 aliphatic rings. The average molecular weight is 727 g/mol. The Hall–Kier alpha value is -2.70. The van der Waals surface area contributed by atoms with Crippen LogP contribution in [-0.2, 0) is 19.1 Å². The van der Waals surface area contributed by atoms with Crippen molar-refractivity contribution >= 4 is 11.9 Å². The van der Waals surface area contributed by atoms with E-state index in [1.807, 2.05) is 30.4 Å². The second kappa shape index (κ2) is 39.5. The molecule has 0 heterocycles. The molecule has 0 aromatic rings. The van der Waals surface area contributed by atoms with Crippen LogP contribution in [0.5, 0.6) is 0 Å². The van der Waals surface area contributed by atoms with Crippen molar-refractivity contribution in [2.24, 2.45) is 5.92 Å². The number of ether oxygens (including phenoxy) is 2. The van der Waals surface area contributed by atoms with E-state index in [1.54, 1.807) is 6.08 Å². The van der Waals surface area contributed by atoms with Crippen LogP contribution in [-0.4, -0.2) is 47.6 Å². The molecule has 0 rings (SSSR count). The van der Waals surface area contributed by atoms with E-state index in [4.69, 9.17) is 9.47 Å². The zero-order valence-corrected chi connectivity index (χ0v) is 33.6. The van der Waals surface area contributed by atoms with Gasteiger partial charge < -0.3 is 19.7 Å². The van der Waals surface area contributed by atoms with Gasteiger partial charge in [-0.2, -0.15) is 0 Å². The molecule has 0 fully saturated rings. The van der Waals surface area contributed by atoms with Crippen molar-refractivity contribution in [3.63, 3.8) is 0 Å². The summed E-state index contributed by atoms with van der Waals surface area (Å²) < 4.78 is 10.3. The van der Waals surface area contributed by atoms with Crippen LogP contribution in [0.2, 0.25) is 0 Å². The van der Waals surface area contributed by atoms with Crippen LogP contribution in [0.1, 0.15) is 175 Å². The summed E-state index contributed by atoms with van der Waals surface area (Å²) in [7, 11) is 0. The van der Waals surface area contributed by atoms with Gasteiger partial charge in [0.05, 0.1) is 6.10 Å². The molecule has 0 saturated carbocycles. The molecule has 0 amide bonds. The summed E-state index contributed by atoms with van der Waals surface area (Å²) >= 11 is 0. The van der Waals surface area contributed by atoms with Gasteiger partial charge in [-0.3, -0.25) is 9.59 Å². The molecule has 1 unspecified atom stereocenters. The zero-order chi connectivity index (χ0) is 38.2. The molecule has 0 aromatic carbocycles. The Morgan fingerprint density at radius 2 is 1.00 bits per heavy atom. The Labute approximate surface area is 319 Å². The van der Waals surface area contributed by atoms with Gasteiger partial charge in [-0.1, -0.05) is 190 Å². The average Bonchev–Trinajstić information content (AvgIpc) is 3.12. The molecule has 2 N–H and O–H groups in total. The van der Waals surface area contributed by atoms with E-state index in [0.29, 0.717) is 19.3 Å². The number of carbonyl (C=O) groups excluding carboxylic acids is 2. The molecule has 0 aliphatic heterocycles. The van der Waals surface area contributed by atoms with Crippen LogP contribution >= 0.6 is 0 Å². The van der Waals surface area contributed by atoms with Crippen molar-refractivity contribution in [1.29, 1.82) is 0 Å². The lowest BCUT2D eigenvalue weighted by atomic mass is 10.0. The van der Waals surface area contributed by atoms with Gasteiger partial charge in [-0.15, -0.1) is 0 Å². The largest absolute Gasteiger partial charge is 0.463 e.